The van der Waals surface area contributed by atoms with E-state index in [-0.39, 0.29) is 18.1 Å². The molecule has 2 aromatic heterocycles. The summed E-state index contributed by atoms with van der Waals surface area (Å²) < 4.78 is 1.77. The highest BCUT2D eigenvalue weighted by molar-refractivity contribution is 7.12. The molecule has 1 unspecified atom stereocenters. The monoisotopic (exact) mass is 393 g/mol. The molecular weight excluding hydrogens is 370 g/mol. The van der Waals surface area contributed by atoms with Crippen molar-refractivity contribution in [1.29, 1.82) is 0 Å². The highest BCUT2D eigenvalue weighted by Gasteiger charge is 2.37. The number of amides is 1. The van der Waals surface area contributed by atoms with Crippen LogP contribution in [0, 0.1) is 34.6 Å². The lowest BCUT2D eigenvalue weighted by Gasteiger charge is -2.23. The third-order valence-electron chi connectivity index (χ3n) is 5.31. The molecule has 4 rings (SSSR count). The van der Waals surface area contributed by atoms with Gasteiger partial charge < -0.3 is 5.32 Å². The maximum Gasteiger partial charge on any atom is 0.226 e. The van der Waals surface area contributed by atoms with Gasteiger partial charge in [-0.1, -0.05) is 17.7 Å². The van der Waals surface area contributed by atoms with Crippen LogP contribution in [0.25, 0.3) is 5.69 Å². The molecule has 0 radical (unpaired) electrons. The van der Waals surface area contributed by atoms with Crippen molar-refractivity contribution in [2.75, 3.05) is 5.32 Å². The number of anilines is 1. The van der Waals surface area contributed by atoms with Gasteiger partial charge in [0.25, 0.3) is 0 Å². The second kappa shape index (κ2) is 6.71. The Morgan fingerprint density at radius 3 is 2.57 bits per heavy atom. The van der Waals surface area contributed by atoms with Crippen LogP contribution in [0.4, 0.5) is 5.82 Å². The molecule has 1 aromatic carbocycles. The fraction of sp³-hybridized carbons (Fsp3) is 0.318. The Labute approximate surface area is 168 Å². The number of carbonyl (C=O) groups is 2. The number of aryl methyl sites for hydroxylation is 5. The van der Waals surface area contributed by atoms with Gasteiger partial charge in [-0.3, -0.25) is 9.59 Å². The maximum atomic E-state index is 13.3. The summed E-state index contributed by atoms with van der Waals surface area (Å²) in [7, 11) is 0. The van der Waals surface area contributed by atoms with Crippen molar-refractivity contribution in [2.45, 2.75) is 47.0 Å². The van der Waals surface area contributed by atoms with Crippen LogP contribution in [0.15, 0.2) is 24.3 Å². The number of Topliss-reactive ketones (excluding diaryl/α,β-unsaturated/α-hetero) is 1. The molecule has 0 fully saturated rings. The van der Waals surface area contributed by atoms with Crippen LogP contribution in [0.5, 0.6) is 0 Å². The van der Waals surface area contributed by atoms with E-state index in [1.165, 1.54) is 5.56 Å². The fourth-order valence-corrected chi connectivity index (χ4v) is 4.98. The molecule has 28 heavy (non-hydrogen) atoms. The van der Waals surface area contributed by atoms with Crippen molar-refractivity contribution in [2.24, 2.45) is 0 Å². The van der Waals surface area contributed by atoms with Gasteiger partial charge in [0.15, 0.2) is 5.78 Å². The van der Waals surface area contributed by atoms with Gasteiger partial charge in [0.05, 0.1) is 17.3 Å². The zero-order valence-corrected chi connectivity index (χ0v) is 17.5. The molecule has 0 saturated carbocycles. The van der Waals surface area contributed by atoms with E-state index in [9.17, 15) is 9.59 Å². The van der Waals surface area contributed by atoms with Gasteiger partial charge in [-0.25, -0.2) is 4.68 Å². The molecule has 1 aliphatic heterocycles. The standard InChI is InChI=1S/C22H23N3O2S/c1-11-6-7-18(12(2)8-11)25-22-20(14(4)24-25)17(10-19(26)23-22)21(27)16-9-13(3)28-15(16)5/h6-9,17H,10H2,1-5H3,(H,23,26). The molecule has 144 valence electrons. The quantitative estimate of drug-likeness (QED) is 0.651. The number of benzene rings is 1. The first kappa shape index (κ1) is 18.6. The second-order valence-corrected chi connectivity index (χ2v) is 9.01. The van der Waals surface area contributed by atoms with Crippen LogP contribution in [0.3, 0.4) is 0 Å². The van der Waals surface area contributed by atoms with Crippen molar-refractivity contribution in [3.05, 3.63) is 62.0 Å². The number of hydrogen-bond donors (Lipinski definition) is 1. The Bertz CT molecular complexity index is 1120. The Kier molecular flexibility index (Phi) is 4.46. The lowest BCUT2D eigenvalue weighted by molar-refractivity contribution is -0.116. The SMILES string of the molecule is Cc1ccc(-n2nc(C)c3c2NC(=O)CC3C(=O)c2cc(C)sc2C)c(C)c1. The number of fused-ring (bicyclic) bond motifs is 1. The lowest BCUT2D eigenvalue weighted by Crippen LogP contribution is -2.28. The summed E-state index contributed by atoms with van der Waals surface area (Å²) in [5.41, 5.74) is 5.46. The van der Waals surface area contributed by atoms with Crippen LogP contribution < -0.4 is 5.32 Å². The number of aromatic nitrogens is 2. The number of carbonyl (C=O) groups excluding carboxylic acids is 2. The molecule has 0 spiro atoms. The summed E-state index contributed by atoms with van der Waals surface area (Å²) in [6.45, 7) is 9.93. The smallest absolute Gasteiger partial charge is 0.226 e. The van der Waals surface area contributed by atoms with E-state index in [4.69, 9.17) is 5.10 Å². The second-order valence-electron chi connectivity index (χ2n) is 7.55. The van der Waals surface area contributed by atoms with Crippen LogP contribution in [0.1, 0.15) is 54.8 Å². The zero-order chi connectivity index (χ0) is 20.2. The molecule has 3 heterocycles. The summed E-state index contributed by atoms with van der Waals surface area (Å²) in [6, 6.07) is 8.04. The highest BCUT2D eigenvalue weighted by atomic mass is 32.1. The number of ketones is 1. The van der Waals surface area contributed by atoms with E-state index < -0.39 is 5.92 Å². The molecular formula is C22H23N3O2S. The summed E-state index contributed by atoms with van der Waals surface area (Å²) in [5, 5.41) is 7.65. The summed E-state index contributed by atoms with van der Waals surface area (Å²) >= 11 is 1.61. The minimum absolute atomic E-state index is 0.00114. The third kappa shape index (κ3) is 2.98. The van der Waals surface area contributed by atoms with E-state index >= 15 is 0 Å². The molecule has 0 saturated heterocycles. The average molecular weight is 394 g/mol. The normalized spacial score (nSPS) is 16.0. The molecule has 0 bridgehead atoms. The van der Waals surface area contributed by atoms with Gasteiger partial charge in [-0.2, -0.15) is 5.10 Å². The number of rotatable bonds is 3. The number of thiophene rings is 1. The van der Waals surface area contributed by atoms with E-state index in [0.29, 0.717) is 11.4 Å². The van der Waals surface area contributed by atoms with Crippen molar-refractivity contribution in [3.63, 3.8) is 0 Å². The van der Waals surface area contributed by atoms with E-state index in [1.807, 2.05) is 52.8 Å². The molecule has 1 N–H and O–H groups in total. The molecule has 5 nitrogen and oxygen atoms in total. The van der Waals surface area contributed by atoms with Gasteiger partial charge in [-0.05, 0) is 52.3 Å². The molecule has 1 atom stereocenters. The van der Waals surface area contributed by atoms with Crippen LogP contribution in [-0.2, 0) is 4.79 Å². The molecule has 3 aromatic rings. The number of nitrogens with zero attached hydrogens (tertiary/aromatic N) is 2. The first-order valence-corrected chi connectivity index (χ1v) is 10.2. The molecule has 1 aliphatic rings. The molecule has 6 heteroatoms. The first-order valence-electron chi connectivity index (χ1n) is 9.34. The third-order valence-corrected chi connectivity index (χ3v) is 6.27. The topological polar surface area (TPSA) is 64.0 Å². The van der Waals surface area contributed by atoms with Gasteiger partial charge in [-0.15, -0.1) is 11.3 Å². The first-order chi connectivity index (χ1) is 13.3. The predicted molar refractivity (Wildman–Crippen MR) is 112 cm³/mol. The van der Waals surface area contributed by atoms with E-state index in [0.717, 1.165) is 32.3 Å². The van der Waals surface area contributed by atoms with Crippen molar-refractivity contribution >= 4 is 28.8 Å². The maximum absolute atomic E-state index is 13.3. The van der Waals surface area contributed by atoms with Gasteiger partial charge in [0.1, 0.15) is 5.82 Å². The minimum atomic E-state index is -0.504. The largest absolute Gasteiger partial charge is 0.310 e. The van der Waals surface area contributed by atoms with E-state index in [1.54, 1.807) is 16.0 Å². The Morgan fingerprint density at radius 2 is 1.93 bits per heavy atom. The van der Waals surface area contributed by atoms with Crippen molar-refractivity contribution < 1.29 is 9.59 Å². The Balaban J connectivity index is 1.86. The summed E-state index contributed by atoms with van der Waals surface area (Å²) in [5.74, 6) is -0.0396. The molecule has 0 aliphatic carbocycles. The van der Waals surface area contributed by atoms with Crippen LogP contribution >= 0.6 is 11.3 Å². The average Bonchev–Trinajstić information content (AvgIpc) is 3.12. The van der Waals surface area contributed by atoms with Gasteiger partial charge in [0.2, 0.25) is 5.91 Å². The van der Waals surface area contributed by atoms with Gasteiger partial charge >= 0.3 is 0 Å². The van der Waals surface area contributed by atoms with Crippen molar-refractivity contribution in [1.82, 2.24) is 9.78 Å². The number of hydrogen-bond acceptors (Lipinski definition) is 4. The zero-order valence-electron chi connectivity index (χ0n) is 16.7. The fourth-order valence-electron chi connectivity index (χ4n) is 4.05. The van der Waals surface area contributed by atoms with Crippen LogP contribution in [-0.4, -0.2) is 21.5 Å². The Hall–Kier alpha value is -2.73. The highest BCUT2D eigenvalue weighted by Crippen LogP contribution is 2.39. The number of nitrogens with one attached hydrogen (secondary N) is 1. The summed E-state index contributed by atoms with van der Waals surface area (Å²) in [6.07, 6.45) is 0.152. The van der Waals surface area contributed by atoms with E-state index in [2.05, 4.69) is 11.4 Å². The molecule has 1 amide bonds. The predicted octanol–water partition coefficient (Wildman–Crippen LogP) is 4.78. The summed E-state index contributed by atoms with van der Waals surface area (Å²) in [4.78, 5) is 27.9. The van der Waals surface area contributed by atoms with Gasteiger partial charge in [0, 0.05) is 27.3 Å². The Morgan fingerprint density at radius 1 is 1.18 bits per heavy atom. The van der Waals surface area contributed by atoms with Crippen molar-refractivity contribution in [3.8, 4) is 5.69 Å². The van der Waals surface area contributed by atoms with Crippen LogP contribution in [0.2, 0.25) is 0 Å². The lowest BCUT2D eigenvalue weighted by atomic mass is 9.85. The minimum Gasteiger partial charge on any atom is -0.310 e.